The summed E-state index contributed by atoms with van der Waals surface area (Å²) in [5.41, 5.74) is 1.24. The molecule has 3 heteroatoms. The molecule has 0 aliphatic rings. The molecule has 1 aromatic carbocycles. The second kappa shape index (κ2) is 6.52. The van der Waals surface area contributed by atoms with Crippen LogP contribution in [-0.2, 0) is 0 Å². The summed E-state index contributed by atoms with van der Waals surface area (Å²) in [6.07, 6.45) is 7.98. The number of rotatable bonds is 6. The van der Waals surface area contributed by atoms with Crippen molar-refractivity contribution in [3.63, 3.8) is 0 Å². The van der Waals surface area contributed by atoms with Gasteiger partial charge in [-0.3, -0.25) is 0 Å². The summed E-state index contributed by atoms with van der Waals surface area (Å²) < 4.78 is 0. The van der Waals surface area contributed by atoms with Crippen LogP contribution in [0, 0.1) is 12.3 Å². The molecule has 84 valence electrons. The fraction of sp³-hybridized carbons (Fsp3) is 0.308. The minimum atomic E-state index is -0.902. The highest BCUT2D eigenvalue weighted by molar-refractivity contribution is 5.87. The number of unbranched alkanes of at least 4 members (excludes halogenated alkanes) is 2. The molecule has 0 saturated carbocycles. The van der Waals surface area contributed by atoms with Gasteiger partial charge in [-0.1, -0.05) is 0 Å². The highest BCUT2D eigenvalue weighted by Gasteiger charge is 2.00. The van der Waals surface area contributed by atoms with Gasteiger partial charge in [-0.05, 0) is 37.1 Å². The first-order valence-corrected chi connectivity index (χ1v) is 5.24. The maximum absolute atomic E-state index is 10.6. The fourth-order valence-electron chi connectivity index (χ4n) is 1.32. The number of carboxylic acid groups (broad SMARTS) is 1. The molecule has 0 amide bonds. The third kappa shape index (κ3) is 4.05. The third-order valence-electron chi connectivity index (χ3n) is 2.21. The van der Waals surface area contributed by atoms with E-state index in [9.17, 15) is 4.79 Å². The van der Waals surface area contributed by atoms with E-state index in [0.717, 1.165) is 31.5 Å². The van der Waals surface area contributed by atoms with E-state index in [1.54, 1.807) is 24.3 Å². The van der Waals surface area contributed by atoms with Crippen LogP contribution >= 0.6 is 0 Å². The largest absolute Gasteiger partial charge is 0.478 e. The Kier molecular flexibility index (Phi) is 4.94. The van der Waals surface area contributed by atoms with Gasteiger partial charge in [0.15, 0.2) is 0 Å². The summed E-state index contributed by atoms with van der Waals surface area (Å²) in [6, 6.07) is 6.72. The first-order valence-electron chi connectivity index (χ1n) is 5.24. The normalized spacial score (nSPS) is 9.44. The number of hydrogen-bond donors (Lipinski definition) is 2. The predicted octanol–water partition coefficient (Wildman–Crippen LogP) is 2.60. The summed E-state index contributed by atoms with van der Waals surface area (Å²) in [6.45, 7) is 0.855. The fourth-order valence-corrected chi connectivity index (χ4v) is 1.32. The number of hydrogen-bond acceptors (Lipinski definition) is 2. The average Bonchev–Trinajstić information content (AvgIpc) is 2.29. The van der Waals surface area contributed by atoms with Gasteiger partial charge in [0.25, 0.3) is 0 Å². The van der Waals surface area contributed by atoms with Crippen molar-refractivity contribution in [2.75, 3.05) is 11.9 Å². The van der Waals surface area contributed by atoms with Gasteiger partial charge in [-0.2, -0.15) is 0 Å². The van der Waals surface area contributed by atoms with Crippen LogP contribution in [0.25, 0.3) is 0 Å². The minimum Gasteiger partial charge on any atom is -0.478 e. The lowest BCUT2D eigenvalue weighted by Crippen LogP contribution is -2.02. The second-order valence-electron chi connectivity index (χ2n) is 3.47. The molecule has 0 bridgehead atoms. The van der Waals surface area contributed by atoms with E-state index in [1.165, 1.54) is 0 Å². The van der Waals surface area contributed by atoms with E-state index in [0.29, 0.717) is 5.56 Å². The molecule has 0 fully saturated rings. The topological polar surface area (TPSA) is 49.3 Å². The zero-order valence-corrected chi connectivity index (χ0v) is 9.07. The van der Waals surface area contributed by atoms with Gasteiger partial charge in [0.2, 0.25) is 0 Å². The summed E-state index contributed by atoms with van der Waals surface area (Å²) in [5, 5.41) is 11.9. The molecule has 0 aliphatic heterocycles. The lowest BCUT2D eigenvalue weighted by atomic mass is 10.2. The van der Waals surface area contributed by atoms with Gasteiger partial charge in [0.1, 0.15) is 0 Å². The number of carbonyl (C=O) groups is 1. The first-order chi connectivity index (χ1) is 7.74. The minimum absolute atomic E-state index is 0.304. The van der Waals surface area contributed by atoms with Crippen molar-refractivity contribution < 1.29 is 9.90 Å². The van der Waals surface area contributed by atoms with Crippen molar-refractivity contribution in [1.29, 1.82) is 0 Å². The number of terminal acetylenes is 1. The zero-order valence-electron chi connectivity index (χ0n) is 9.07. The first kappa shape index (κ1) is 12.1. The van der Waals surface area contributed by atoms with Crippen LogP contribution in [0.1, 0.15) is 29.6 Å². The number of aromatic carboxylic acids is 1. The van der Waals surface area contributed by atoms with Gasteiger partial charge in [0, 0.05) is 18.7 Å². The maximum Gasteiger partial charge on any atom is 0.335 e. The molecular weight excluding hydrogens is 202 g/mol. The molecule has 0 aromatic heterocycles. The molecule has 0 atom stereocenters. The molecule has 1 rings (SSSR count). The smallest absolute Gasteiger partial charge is 0.335 e. The zero-order chi connectivity index (χ0) is 11.8. The van der Waals surface area contributed by atoms with Crippen LogP contribution in [0.5, 0.6) is 0 Å². The molecule has 0 spiro atoms. The van der Waals surface area contributed by atoms with E-state index in [1.807, 2.05) is 0 Å². The summed E-state index contributed by atoms with van der Waals surface area (Å²) >= 11 is 0. The Morgan fingerprint density at radius 2 is 2.00 bits per heavy atom. The van der Waals surface area contributed by atoms with Crippen molar-refractivity contribution in [3.05, 3.63) is 29.8 Å². The van der Waals surface area contributed by atoms with Crippen LogP contribution in [0.15, 0.2) is 24.3 Å². The van der Waals surface area contributed by atoms with Crippen LogP contribution in [0.4, 0.5) is 5.69 Å². The lowest BCUT2D eigenvalue weighted by molar-refractivity contribution is 0.0697. The van der Waals surface area contributed by atoms with E-state index < -0.39 is 5.97 Å². The molecule has 0 saturated heterocycles. The molecule has 0 unspecified atom stereocenters. The molecule has 16 heavy (non-hydrogen) atoms. The van der Waals surface area contributed by atoms with Crippen molar-refractivity contribution in [3.8, 4) is 12.3 Å². The lowest BCUT2D eigenvalue weighted by Gasteiger charge is -2.05. The standard InChI is InChI=1S/C13H15NO2/c1-2-3-4-5-10-14-12-8-6-11(7-9-12)13(15)16/h1,6-9,14H,3-5,10H2,(H,15,16). The molecule has 0 heterocycles. The summed E-state index contributed by atoms with van der Waals surface area (Å²) in [7, 11) is 0. The van der Waals surface area contributed by atoms with Gasteiger partial charge >= 0.3 is 5.97 Å². The van der Waals surface area contributed by atoms with Crippen molar-refractivity contribution in [2.45, 2.75) is 19.3 Å². The van der Waals surface area contributed by atoms with Gasteiger partial charge in [-0.15, -0.1) is 12.3 Å². The van der Waals surface area contributed by atoms with Gasteiger partial charge in [-0.25, -0.2) is 4.79 Å². The summed E-state index contributed by atoms with van der Waals surface area (Å²) in [4.78, 5) is 10.6. The molecule has 3 nitrogen and oxygen atoms in total. The van der Waals surface area contributed by atoms with E-state index >= 15 is 0 Å². The molecule has 0 radical (unpaired) electrons. The molecule has 1 aromatic rings. The van der Waals surface area contributed by atoms with Crippen LogP contribution in [0.2, 0.25) is 0 Å². The van der Waals surface area contributed by atoms with E-state index in [2.05, 4.69) is 11.2 Å². The van der Waals surface area contributed by atoms with Gasteiger partial charge < -0.3 is 10.4 Å². The SMILES string of the molecule is C#CCCCCNc1ccc(C(=O)O)cc1. The summed E-state index contributed by atoms with van der Waals surface area (Å²) in [5.74, 6) is 1.69. The van der Waals surface area contributed by atoms with Crippen LogP contribution in [-0.4, -0.2) is 17.6 Å². The Bertz CT molecular complexity index is 376. The van der Waals surface area contributed by atoms with Crippen LogP contribution < -0.4 is 5.32 Å². The second-order valence-corrected chi connectivity index (χ2v) is 3.47. The Labute approximate surface area is 95.5 Å². The van der Waals surface area contributed by atoms with Crippen molar-refractivity contribution in [2.24, 2.45) is 0 Å². The Hall–Kier alpha value is -1.95. The highest BCUT2D eigenvalue weighted by Crippen LogP contribution is 2.09. The van der Waals surface area contributed by atoms with Crippen molar-refractivity contribution >= 4 is 11.7 Å². The van der Waals surface area contributed by atoms with Gasteiger partial charge in [0.05, 0.1) is 5.56 Å². The number of benzene rings is 1. The van der Waals surface area contributed by atoms with E-state index in [4.69, 9.17) is 11.5 Å². The van der Waals surface area contributed by atoms with Crippen molar-refractivity contribution in [1.82, 2.24) is 0 Å². The molecule has 0 aliphatic carbocycles. The number of carboxylic acids is 1. The average molecular weight is 217 g/mol. The molecular formula is C13H15NO2. The number of nitrogens with one attached hydrogen (secondary N) is 1. The van der Waals surface area contributed by atoms with Crippen LogP contribution in [0.3, 0.4) is 0 Å². The molecule has 2 N–H and O–H groups in total. The Morgan fingerprint density at radius 1 is 1.31 bits per heavy atom. The highest BCUT2D eigenvalue weighted by atomic mass is 16.4. The monoisotopic (exact) mass is 217 g/mol. The van der Waals surface area contributed by atoms with E-state index in [-0.39, 0.29) is 0 Å². The predicted molar refractivity (Wildman–Crippen MR) is 64.6 cm³/mol. The third-order valence-corrected chi connectivity index (χ3v) is 2.21. The number of anilines is 1. The maximum atomic E-state index is 10.6. The quantitative estimate of drug-likeness (QED) is 0.568. The Morgan fingerprint density at radius 3 is 2.56 bits per heavy atom. The Balaban J connectivity index is 2.33.